The van der Waals surface area contributed by atoms with Crippen molar-refractivity contribution in [1.29, 1.82) is 0 Å². The monoisotopic (exact) mass is 365 g/mol. The van der Waals surface area contributed by atoms with Crippen molar-refractivity contribution in [3.05, 3.63) is 15.6 Å². The van der Waals surface area contributed by atoms with Crippen molar-refractivity contribution < 1.29 is 14.7 Å². The first-order valence-corrected chi connectivity index (χ1v) is 10.1. The molecular weight excluding hydrogens is 338 g/mol. The Bertz CT molecular complexity index is 617. The van der Waals surface area contributed by atoms with E-state index in [0.29, 0.717) is 23.4 Å². The van der Waals surface area contributed by atoms with Crippen LogP contribution in [0.2, 0.25) is 0 Å². The van der Waals surface area contributed by atoms with Crippen molar-refractivity contribution in [2.24, 2.45) is 11.7 Å². The molecule has 0 radical (unpaired) electrons. The van der Waals surface area contributed by atoms with Crippen LogP contribution in [0.25, 0.3) is 0 Å². The van der Waals surface area contributed by atoms with E-state index < -0.39 is 11.9 Å². The normalized spacial score (nSPS) is 25.0. The SMILES string of the molecule is NC(=O)c1nc(C2CCNCC2)sc1[C@H]1CC[C@H](CCC(=O)O)CC1. The number of primary amides is 1. The fraction of sp³-hybridized carbons (Fsp3) is 0.722. The van der Waals surface area contributed by atoms with Gasteiger partial charge >= 0.3 is 5.97 Å². The van der Waals surface area contributed by atoms with Crippen molar-refractivity contribution in [3.8, 4) is 0 Å². The average Bonchev–Trinajstić information content (AvgIpc) is 3.07. The molecule has 3 rings (SSSR count). The van der Waals surface area contributed by atoms with E-state index in [1.54, 1.807) is 11.3 Å². The third kappa shape index (κ3) is 4.58. The molecule has 2 fully saturated rings. The van der Waals surface area contributed by atoms with Gasteiger partial charge in [-0.2, -0.15) is 0 Å². The molecule has 0 bridgehead atoms. The number of aromatic nitrogens is 1. The Morgan fingerprint density at radius 3 is 2.40 bits per heavy atom. The zero-order valence-corrected chi connectivity index (χ0v) is 15.3. The van der Waals surface area contributed by atoms with E-state index in [2.05, 4.69) is 10.3 Å². The highest BCUT2D eigenvalue weighted by molar-refractivity contribution is 7.12. The van der Waals surface area contributed by atoms with E-state index in [1.807, 2.05) is 0 Å². The second kappa shape index (κ2) is 8.27. The zero-order valence-electron chi connectivity index (χ0n) is 14.5. The van der Waals surface area contributed by atoms with Crippen LogP contribution in [0.5, 0.6) is 0 Å². The van der Waals surface area contributed by atoms with Gasteiger partial charge in [0.05, 0.1) is 5.01 Å². The fourth-order valence-corrected chi connectivity index (χ4v) is 5.50. The third-order valence-corrected chi connectivity index (χ3v) is 6.96. The second-order valence-electron chi connectivity index (χ2n) is 7.30. The molecular formula is C18H27N3O3S. The summed E-state index contributed by atoms with van der Waals surface area (Å²) in [5, 5.41) is 13.3. The highest BCUT2D eigenvalue weighted by Gasteiger charge is 2.30. The summed E-state index contributed by atoms with van der Waals surface area (Å²) in [7, 11) is 0. The maximum absolute atomic E-state index is 11.9. The first kappa shape index (κ1) is 18.3. The minimum absolute atomic E-state index is 0.252. The molecule has 0 aromatic carbocycles. The van der Waals surface area contributed by atoms with Gasteiger partial charge < -0.3 is 16.2 Å². The Labute approximate surface area is 152 Å². The van der Waals surface area contributed by atoms with Gasteiger partial charge in [0, 0.05) is 17.2 Å². The summed E-state index contributed by atoms with van der Waals surface area (Å²) in [6.45, 7) is 2.00. The molecule has 0 atom stereocenters. The van der Waals surface area contributed by atoms with Crippen LogP contribution in [0.15, 0.2) is 0 Å². The van der Waals surface area contributed by atoms with Gasteiger partial charge in [-0.15, -0.1) is 11.3 Å². The summed E-state index contributed by atoms with van der Waals surface area (Å²) < 4.78 is 0. The number of nitrogens with zero attached hydrogens (tertiary/aromatic N) is 1. The molecule has 7 heteroatoms. The number of carbonyl (C=O) groups excluding carboxylic acids is 1. The van der Waals surface area contributed by atoms with Crippen LogP contribution in [-0.2, 0) is 4.79 Å². The molecule has 138 valence electrons. The molecule has 4 N–H and O–H groups in total. The van der Waals surface area contributed by atoms with Crippen LogP contribution < -0.4 is 11.1 Å². The zero-order chi connectivity index (χ0) is 17.8. The molecule has 1 aliphatic carbocycles. The minimum atomic E-state index is -0.716. The Balaban J connectivity index is 1.68. The van der Waals surface area contributed by atoms with Crippen LogP contribution in [0.4, 0.5) is 0 Å². The number of carboxylic acids is 1. The Morgan fingerprint density at radius 2 is 1.80 bits per heavy atom. The number of nitrogens with two attached hydrogens (primary N) is 1. The fourth-order valence-electron chi connectivity index (χ4n) is 4.09. The molecule has 1 amide bonds. The molecule has 25 heavy (non-hydrogen) atoms. The maximum atomic E-state index is 11.9. The molecule has 1 saturated heterocycles. The number of thiazole rings is 1. The van der Waals surface area contributed by atoms with Crippen molar-refractivity contribution in [2.45, 2.75) is 63.2 Å². The van der Waals surface area contributed by atoms with Crippen molar-refractivity contribution in [2.75, 3.05) is 13.1 Å². The van der Waals surface area contributed by atoms with E-state index in [9.17, 15) is 9.59 Å². The molecule has 0 spiro atoms. The summed E-state index contributed by atoms with van der Waals surface area (Å²) in [5.74, 6) is 0.134. The number of hydrogen-bond acceptors (Lipinski definition) is 5. The molecule has 1 aromatic heterocycles. The molecule has 0 unspecified atom stereocenters. The third-order valence-electron chi connectivity index (χ3n) is 5.58. The summed E-state index contributed by atoms with van der Waals surface area (Å²) in [5.41, 5.74) is 6.08. The number of piperidine rings is 1. The van der Waals surface area contributed by atoms with Crippen LogP contribution >= 0.6 is 11.3 Å². The maximum Gasteiger partial charge on any atom is 0.303 e. The van der Waals surface area contributed by atoms with Gasteiger partial charge in [-0.05, 0) is 69.9 Å². The standard InChI is InChI=1S/C18H27N3O3S/c19-17(24)15-16(25-18(21-15)13-7-9-20-10-8-13)12-4-1-11(2-5-12)3-6-14(22)23/h11-13,20H,1-10H2,(H2,19,24)(H,22,23)/t11-,12-. The molecule has 2 aliphatic rings. The number of amides is 1. The molecule has 2 heterocycles. The first-order chi connectivity index (χ1) is 12.0. The van der Waals surface area contributed by atoms with Crippen molar-refractivity contribution >= 4 is 23.2 Å². The number of nitrogens with one attached hydrogen (secondary N) is 1. The van der Waals surface area contributed by atoms with E-state index in [1.165, 1.54) is 0 Å². The summed E-state index contributed by atoms with van der Waals surface area (Å²) >= 11 is 1.69. The van der Waals surface area contributed by atoms with E-state index >= 15 is 0 Å². The van der Waals surface area contributed by atoms with E-state index in [-0.39, 0.29) is 6.42 Å². The number of carboxylic acid groups (broad SMARTS) is 1. The van der Waals surface area contributed by atoms with Gasteiger partial charge in [0.2, 0.25) is 0 Å². The number of aliphatic carboxylic acids is 1. The molecule has 1 saturated carbocycles. The number of rotatable bonds is 6. The highest BCUT2D eigenvalue weighted by Crippen LogP contribution is 2.42. The van der Waals surface area contributed by atoms with Gasteiger partial charge in [-0.3, -0.25) is 9.59 Å². The Hall–Kier alpha value is -1.47. The predicted octanol–water partition coefficient (Wildman–Crippen LogP) is 2.85. The second-order valence-corrected chi connectivity index (χ2v) is 8.37. The van der Waals surface area contributed by atoms with Gasteiger partial charge in [0.25, 0.3) is 5.91 Å². The highest BCUT2D eigenvalue weighted by atomic mass is 32.1. The number of carbonyl (C=O) groups is 2. The van der Waals surface area contributed by atoms with Gasteiger partial charge in [0.15, 0.2) is 0 Å². The summed E-state index contributed by atoms with van der Waals surface area (Å²) in [6.07, 6.45) is 7.18. The smallest absolute Gasteiger partial charge is 0.303 e. The van der Waals surface area contributed by atoms with Crippen LogP contribution in [-0.4, -0.2) is 35.1 Å². The van der Waals surface area contributed by atoms with Crippen molar-refractivity contribution in [3.63, 3.8) is 0 Å². The first-order valence-electron chi connectivity index (χ1n) is 9.27. The average molecular weight is 365 g/mol. The Kier molecular flexibility index (Phi) is 6.06. The van der Waals surface area contributed by atoms with E-state index in [4.69, 9.17) is 10.8 Å². The lowest BCUT2D eigenvalue weighted by Crippen LogP contribution is -2.26. The van der Waals surface area contributed by atoms with Gasteiger partial charge in [0.1, 0.15) is 5.69 Å². The lowest BCUT2D eigenvalue weighted by molar-refractivity contribution is -0.137. The quantitative estimate of drug-likeness (QED) is 0.719. The van der Waals surface area contributed by atoms with Crippen LogP contribution in [0, 0.1) is 5.92 Å². The van der Waals surface area contributed by atoms with Gasteiger partial charge in [-0.1, -0.05) is 0 Å². The Morgan fingerprint density at radius 1 is 1.12 bits per heavy atom. The van der Waals surface area contributed by atoms with Crippen LogP contribution in [0.1, 0.15) is 83.6 Å². The lowest BCUT2D eigenvalue weighted by atomic mass is 9.79. The topological polar surface area (TPSA) is 105 Å². The minimum Gasteiger partial charge on any atom is -0.481 e. The molecule has 1 aromatic rings. The number of hydrogen-bond donors (Lipinski definition) is 3. The largest absolute Gasteiger partial charge is 0.481 e. The van der Waals surface area contributed by atoms with Crippen LogP contribution in [0.3, 0.4) is 0 Å². The van der Waals surface area contributed by atoms with Crippen molar-refractivity contribution in [1.82, 2.24) is 10.3 Å². The van der Waals surface area contributed by atoms with E-state index in [0.717, 1.165) is 67.9 Å². The predicted molar refractivity (Wildman–Crippen MR) is 97.0 cm³/mol. The lowest BCUT2D eigenvalue weighted by Gasteiger charge is -2.27. The molecule has 1 aliphatic heterocycles. The summed E-state index contributed by atoms with van der Waals surface area (Å²) in [6, 6.07) is 0. The molecule has 6 nitrogen and oxygen atoms in total. The van der Waals surface area contributed by atoms with Gasteiger partial charge in [-0.25, -0.2) is 4.98 Å². The summed E-state index contributed by atoms with van der Waals surface area (Å²) in [4.78, 5) is 28.3.